The van der Waals surface area contributed by atoms with Crippen molar-refractivity contribution < 1.29 is 4.79 Å². The van der Waals surface area contributed by atoms with Crippen LogP contribution in [0.2, 0.25) is 0 Å². The first kappa shape index (κ1) is 12.3. The Morgan fingerprint density at radius 3 is 2.53 bits per heavy atom. The van der Waals surface area contributed by atoms with Crippen molar-refractivity contribution in [3.8, 4) is 0 Å². The van der Waals surface area contributed by atoms with Crippen LogP contribution in [0.5, 0.6) is 0 Å². The average molecular weight is 223 g/mol. The van der Waals surface area contributed by atoms with Crippen LogP contribution in [0.3, 0.4) is 0 Å². The van der Waals surface area contributed by atoms with Gasteiger partial charge in [-0.1, -0.05) is 29.8 Å². The Balaban J connectivity index is 2.63. The lowest BCUT2D eigenvalue weighted by Gasteiger charge is -2.09. The molecule has 1 atom stereocenters. The molecule has 0 unspecified atom stereocenters. The highest BCUT2D eigenvalue weighted by Crippen LogP contribution is 2.08. The van der Waals surface area contributed by atoms with Gasteiger partial charge in [-0.15, -0.1) is 0 Å². The Kier molecular flexibility index (Phi) is 4.85. The number of nitrogens with two attached hydrogens (primary N) is 1. The molecule has 0 fully saturated rings. The number of Topliss-reactive ketones (excluding diaryl/α,β-unsaturated/α-hetero) is 1. The molecule has 82 valence electrons. The Morgan fingerprint density at radius 1 is 1.40 bits per heavy atom. The summed E-state index contributed by atoms with van der Waals surface area (Å²) >= 11 is 1.71. The van der Waals surface area contributed by atoms with Crippen LogP contribution in [-0.4, -0.2) is 23.8 Å². The molecule has 0 aliphatic heterocycles. The van der Waals surface area contributed by atoms with Crippen molar-refractivity contribution in [3.05, 3.63) is 35.4 Å². The van der Waals surface area contributed by atoms with Gasteiger partial charge in [0.25, 0.3) is 0 Å². The molecule has 0 spiro atoms. The maximum atomic E-state index is 11.8. The van der Waals surface area contributed by atoms with Crippen molar-refractivity contribution >= 4 is 17.5 Å². The van der Waals surface area contributed by atoms with Gasteiger partial charge in [0, 0.05) is 5.56 Å². The number of carbonyl (C=O) groups excluding carboxylic acids is 1. The first-order chi connectivity index (χ1) is 7.15. The summed E-state index contributed by atoms with van der Waals surface area (Å²) < 4.78 is 0. The monoisotopic (exact) mass is 223 g/mol. The quantitative estimate of drug-likeness (QED) is 0.779. The maximum absolute atomic E-state index is 11.8. The molecule has 0 aromatic heterocycles. The minimum atomic E-state index is -0.361. The topological polar surface area (TPSA) is 43.1 Å². The van der Waals surface area contributed by atoms with E-state index in [0.717, 1.165) is 17.7 Å². The van der Waals surface area contributed by atoms with Crippen LogP contribution in [0.15, 0.2) is 24.3 Å². The first-order valence-corrected chi connectivity index (χ1v) is 6.40. The van der Waals surface area contributed by atoms with Gasteiger partial charge in [-0.25, -0.2) is 0 Å². The number of benzene rings is 1. The number of aryl methyl sites for hydroxylation is 1. The van der Waals surface area contributed by atoms with E-state index >= 15 is 0 Å². The summed E-state index contributed by atoms with van der Waals surface area (Å²) in [6.45, 7) is 2.00. The van der Waals surface area contributed by atoms with Crippen LogP contribution in [-0.2, 0) is 0 Å². The fourth-order valence-electron chi connectivity index (χ4n) is 1.31. The Morgan fingerprint density at radius 2 is 2.00 bits per heavy atom. The lowest BCUT2D eigenvalue weighted by Crippen LogP contribution is -2.31. The second-order valence-corrected chi connectivity index (χ2v) is 4.60. The van der Waals surface area contributed by atoms with Gasteiger partial charge < -0.3 is 5.73 Å². The van der Waals surface area contributed by atoms with E-state index < -0.39 is 0 Å². The summed E-state index contributed by atoms with van der Waals surface area (Å²) in [5.74, 6) is 0.975. The molecule has 0 aliphatic rings. The Labute approximate surface area is 95.2 Å². The predicted octanol–water partition coefficient (Wildman–Crippen LogP) is 2.26. The number of hydrogen-bond donors (Lipinski definition) is 1. The molecule has 0 radical (unpaired) electrons. The molecule has 1 aromatic rings. The fourth-order valence-corrected chi connectivity index (χ4v) is 1.80. The number of carbonyl (C=O) groups is 1. The number of ketones is 1. The number of hydrogen-bond acceptors (Lipinski definition) is 3. The molecule has 0 heterocycles. The molecule has 0 bridgehead atoms. The highest BCUT2D eigenvalue weighted by Gasteiger charge is 2.14. The second kappa shape index (κ2) is 5.93. The third kappa shape index (κ3) is 3.68. The highest BCUT2D eigenvalue weighted by molar-refractivity contribution is 7.98. The average Bonchev–Trinajstić information content (AvgIpc) is 2.26. The van der Waals surface area contributed by atoms with E-state index in [1.807, 2.05) is 37.4 Å². The molecule has 0 aliphatic carbocycles. The molecule has 0 saturated carbocycles. The number of rotatable bonds is 5. The summed E-state index contributed by atoms with van der Waals surface area (Å²) in [5, 5.41) is 0. The van der Waals surface area contributed by atoms with E-state index in [4.69, 9.17) is 5.73 Å². The van der Waals surface area contributed by atoms with Crippen molar-refractivity contribution in [2.75, 3.05) is 12.0 Å². The molecule has 2 N–H and O–H groups in total. The zero-order valence-electron chi connectivity index (χ0n) is 9.19. The van der Waals surface area contributed by atoms with Crippen molar-refractivity contribution in [3.63, 3.8) is 0 Å². The molecule has 0 saturated heterocycles. The summed E-state index contributed by atoms with van der Waals surface area (Å²) in [6, 6.07) is 7.20. The molecule has 2 nitrogen and oxygen atoms in total. The predicted molar refractivity (Wildman–Crippen MR) is 66.5 cm³/mol. The zero-order chi connectivity index (χ0) is 11.3. The van der Waals surface area contributed by atoms with E-state index in [2.05, 4.69) is 0 Å². The third-order valence-corrected chi connectivity index (χ3v) is 2.95. The molecule has 3 heteroatoms. The van der Waals surface area contributed by atoms with Gasteiger partial charge in [0.1, 0.15) is 0 Å². The van der Waals surface area contributed by atoms with Gasteiger partial charge in [0.05, 0.1) is 6.04 Å². The van der Waals surface area contributed by atoms with Gasteiger partial charge in [-0.05, 0) is 25.4 Å². The van der Waals surface area contributed by atoms with E-state index in [-0.39, 0.29) is 11.8 Å². The van der Waals surface area contributed by atoms with Crippen LogP contribution in [0.1, 0.15) is 22.3 Å². The van der Waals surface area contributed by atoms with Crippen molar-refractivity contribution in [2.45, 2.75) is 19.4 Å². The van der Waals surface area contributed by atoms with Crippen molar-refractivity contribution in [1.29, 1.82) is 0 Å². The summed E-state index contributed by atoms with van der Waals surface area (Å²) in [4.78, 5) is 11.8. The molecule has 0 amide bonds. The Bertz CT molecular complexity index is 321. The summed E-state index contributed by atoms with van der Waals surface area (Å²) in [5.41, 5.74) is 7.68. The largest absolute Gasteiger partial charge is 0.321 e. The zero-order valence-corrected chi connectivity index (χ0v) is 10.0. The van der Waals surface area contributed by atoms with Gasteiger partial charge >= 0.3 is 0 Å². The van der Waals surface area contributed by atoms with E-state index in [1.54, 1.807) is 11.8 Å². The van der Waals surface area contributed by atoms with E-state index in [0.29, 0.717) is 5.56 Å². The SMILES string of the molecule is CSCC[C@H](N)C(=O)c1ccc(C)cc1. The Hall–Kier alpha value is -0.800. The van der Waals surface area contributed by atoms with Gasteiger partial charge in [0.2, 0.25) is 0 Å². The molecule has 1 aromatic carbocycles. The highest BCUT2D eigenvalue weighted by atomic mass is 32.2. The van der Waals surface area contributed by atoms with Crippen LogP contribution in [0.25, 0.3) is 0 Å². The minimum absolute atomic E-state index is 0.0454. The molecular weight excluding hydrogens is 206 g/mol. The minimum Gasteiger partial charge on any atom is -0.321 e. The van der Waals surface area contributed by atoms with E-state index in [9.17, 15) is 4.79 Å². The van der Waals surface area contributed by atoms with E-state index in [1.165, 1.54) is 0 Å². The van der Waals surface area contributed by atoms with Crippen LogP contribution in [0.4, 0.5) is 0 Å². The number of thioether (sulfide) groups is 1. The smallest absolute Gasteiger partial charge is 0.179 e. The molecular formula is C12H17NOS. The van der Waals surface area contributed by atoms with Gasteiger partial charge in [0.15, 0.2) is 5.78 Å². The standard InChI is InChI=1S/C12H17NOS/c1-9-3-5-10(6-4-9)12(14)11(13)7-8-15-2/h3-6,11H,7-8,13H2,1-2H3/t11-/m0/s1. The van der Waals surface area contributed by atoms with Gasteiger partial charge in [-0.2, -0.15) is 11.8 Å². The van der Waals surface area contributed by atoms with Crippen LogP contribution in [0, 0.1) is 6.92 Å². The maximum Gasteiger partial charge on any atom is 0.179 e. The summed E-state index contributed by atoms with van der Waals surface area (Å²) in [7, 11) is 0. The summed E-state index contributed by atoms with van der Waals surface area (Å²) in [6.07, 6.45) is 2.76. The van der Waals surface area contributed by atoms with Crippen LogP contribution < -0.4 is 5.73 Å². The second-order valence-electron chi connectivity index (χ2n) is 3.62. The fraction of sp³-hybridized carbons (Fsp3) is 0.417. The first-order valence-electron chi connectivity index (χ1n) is 5.00. The van der Waals surface area contributed by atoms with Crippen molar-refractivity contribution in [2.24, 2.45) is 5.73 Å². The lowest BCUT2D eigenvalue weighted by molar-refractivity contribution is 0.0960. The lowest BCUT2D eigenvalue weighted by atomic mass is 10.0. The third-order valence-electron chi connectivity index (χ3n) is 2.31. The molecule has 1 rings (SSSR count). The van der Waals surface area contributed by atoms with Crippen LogP contribution >= 0.6 is 11.8 Å². The van der Waals surface area contributed by atoms with Gasteiger partial charge in [-0.3, -0.25) is 4.79 Å². The normalized spacial score (nSPS) is 12.5. The molecule has 15 heavy (non-hydrogen) atoms. The van der Waals surface area contributed by atoms with Crippen molar-refractivity contribution in [1.82, 2.24) is 0 Å².